The maximum atomic E-state index is 10.6. The number of thioether (sulfide) groups is 1. The number of hydrogen-bond donors (Lipinski definition) is 1. The Balaban J connectivity index is 1.89. The molecule has 0 aromatic carbocycles. The van der Waals surface area contributed by atoms with E-state index in [1.807, 2.05) is 6.07 Å². The number of aromatic carboxylic acids is 1. The lowest BCUT2D eigenvalue weighted by Crippen LogP contribution is -2.01. The van der Waals surface area contributed by atoms with Gasteiger partial charge in [-0.3, -0.25) is 4.68 Å². The van der Waals surface area contributed by atoms with E-state index in [9.17, 15) is 4.79 Å². The molecule has 0 aliphatic rings. The Morgan fingerprint density at radius 2 is 2.42 bits per heavy atom. The summed E-state index contributed by atoms with van der Waals surface area (Å²) >= 11 is 1.46. The van der Waals surface area contributed by atoms with E-state index in [1.54, 1.807) is 18.3 Å². The van der Waals surface area contributed by atoms with Gasteiger partial charge in [0.05, 0.1) is 29.4 Å². The van der Waals surface area contributed by atoms with Crippen molar-refractivity contribution in [1.29, 1.82) is 5.26 Å². The van der Waals surface area contributed by atoms with Crippen molar-refractivity contribution in [1.82, 2.24) is 20.0 Å². The molecule has 2 rings (SSSR count). The van der Waals surface area contributed by atoms with Gasteiger partial charge in [-0.05, 0) is 12.1 Å². The van der Waals surface area contributed by atoms with Crippen LogP contribution in [0.25, 0.3) is 0 Å². The average molecular weight is 275 g/mol. The van der Waals surface area contributed by atoms with Gasteiger partial charge in [0.15, 0.2) is 5.69 Å². The lowest BCUT2D eigenvalue weighted by molar-refractivity contribution is 0.0690. The molecule has 0 atom stereocenters. The predicted octanol–water partition coefficient (Wildman–Crippen LogP) is 1.04. The zero-order chi connectivity index (χ0) is 13.7. The Kier molecular flexibility index (Phi) is 4.10. The topological polar surface area (TPSA) is 105 Å². The number of nitrogens with zero attached hydrogens (tertiary/aromatic N) is 5. The van der Waals surface area contributed by atoms with Gasteiger partial charge >= 0.3 is 5.97 Å². The standard InChI is InChI=1S/C11H9N5O2S/c12-6-8-1-2-13-10(5-8)19-4-3-16-7-9(11(17)18)14-15-16/h1-2,5,7H,3-4H2,(H,17,18). The molecule has 19 heavy (non-hydrogen) atoms. The van der Waals surface area contributed by atoms with Crippen LogP contribution in [-0.4, -0.2) is 36.8 Å². The molecule has 1 N–H and O–H groups in total. The number of aromatic nitrogens is 4. The van der Waals surface area contributed by atoms with Gasteiger partial charge in [0, 0.05) is 11.9 Å². The first-order chi connectivity index (χ1) is 9.19. The highest BCUT2D eigenvalue weighted by Gasteiger charge is 2.07. The van der Waals surface area contributed by atoms with Crippen molar-refractivity contribution in [2.24, 2.45) is 0 Å². The minimum Gasteiger partial charge on any atom is -0.476 e. The van der Waals surface area contributed by atoms with E-state index in [-0.39, 0.29) is 5.69 Å². The van der Waals surface area contributed by atoms with Crippen molar-refractivity contribution >= 4 is 17.7 Å². The highest BCUT2D eigenvalue weighted by molar-refractivity contribution is 7.99. The SMILES string of the molecule is N#Cc1ccnc(SCCn2cc(C(=O)O)nn2)c1. The highest BCUT2D eigenvalue weighted by atomic mass is 32.2. The number of carboxylic acids is 1. The van der Waals surface area contributed by atoms with E-state index in [2.05, 4.69) is 15.3 Å². The zero-order valence-electron chi connectivity index (χ0n) is 9.72. The first-order valence-corrected chi connectivity index (χ1v) is 6.30. The molecule has 0 saturated carbocycles. The minimum absolute atomic E-state index is 0.0744. The summed E-state index contributed by atoms with van der Waals surface area (Å²) in [6.07, 6.45) is 2.96. The van der Waals surface area contributed by atoms with Crippen LogP contribution in [0.4, 0.5) is 0 Å². The molecule has 0 fully saturated rings. The van der Waals surface area contributed by atoms with Crippen LogP contribution < -0.4 is 0 Å². The summed E-state index contributed by atoms with van der Waals surface area (Å²) in [7, 11) is 0. The second-order valence-corrected chi connectivity index (χ2v) is 4.63. The average Bonchev–Trinajstić information content (AvgIpc) is 2.88. The monoisotopic (exact) mass is 275 g/mol. The molecule has 0 amide bonds. The van der Waals surface area contributed by atoms with Gasteiger partial charge in [-0.2, -0.15) is 5.26 Å². The first kappa shape index (κ1) is 13.0. The number of rotatable bonds is 5. The van der Waals surface area contributed by atoms with E-state index in [0.717, 1.165) is 5.03 Å². The van der Waals surface area contributed by atoms with Gasteiger partial charge in [-0.15, -0.1) is 16.9 Å². The molecular formula is C11H9N5O2S. The molecule has 7 nitrogen and oxygen atoms in total. The van der Waals surface area contributed by atoms with Crippen molar-refractivity contribution in [3.63, 3.8) is 0 Å². The summed E-state index contributed by atoms with van der Waals surface area (Å²) in [6, 6.07) is 5.39. The Morgan fingerprint density at radius 3 is 3.11 bits per heavy atom. The Morgan fingerprint density at radius 1 is 1.58 bits per heavy atom. The Labute approximate surface area is 112 Å². The predicted molar refractivity (Wildman–Crippen MR) is 66.7 cm³/mol. The fourth-order valence-electron chi connectivity index (χ4n) is 1.31. The first-order valence-electron chi connectivity index (χ1n) is 5.31. The Bertz CT molecular complexity index is 634. The van der Waals surface area contributed by atoms with Crippen molar-refractivity contribution in [3.05, 3.63) is 35.8 Å². The van der Waals surface area contributed by atoms with Crippen LogP contribution >= 0.6 is 11.8 Å². The minimum atomic E-state index is -1.10. The van der Waals surface area contributed by atoms with Gasteiger partial charge in [0.2, 0.25) is 0 Å². The summed E-state index contributed by atoms with van der Waals surface area (Å²) in [6.45, 7) is 0.517. The highest BCUT2D eigenvalue weighted by Crippen LogP contribution is 2.16. The van der Waals surface area contributed by atoms with E-state index >= 15 is 0 Å². The molecular weight excluding hydrogens is 266 g/mol. The van der Waals surface area contributed by atoms with Gasteiger partial charge in [0.25, 0.3) is 0 Å². The third-order valence-electron chi connectivity index (χ3n) is 2.19. The van der Waals surface area contributed by atoms with Gasteiger partial charge in [0.1, 0.15) is 0 Å². The maximum Gasteiger partial charge on any atom is 0.358 e. The normalized spacial score (nSPS) is 10.1. The van der Waals surface area contributed by atoms with Crippen molar-refractivity contribution in [3.8, 4) is 6.07 Å². The lowest BCUT2D eigenvalue weighted by Gasteiger charge is -2.00. The molecule has 2 aromatic heterocycles. The van der Waals surface area contributed by atoms with Crippen molar-refractivity contribution in [2.45, 2.75) is 11.6 Å². The van der Waals surface area contributed by atoms with Crippen LogP contribution in [0.15, 0.2) is 29.6 Å². The number of carboxylic acid groups (broad SMARTS) is 1. The zero-order valence-corrected chi connectivity index (χ0v) is 10.5. The number of carbonyl (C=O) groups is 1. The molecule has 0 aliphatic heterocycles. The van der Waals surface area contributed by atoms with Crippen LogP contribution in [0.3, 0.4) is 0 Å². The molecule has 0 saturated heterocycles. The summed E-state index contributed by atoms with van der Waals surface area (Å²) in [4.78, 5) is 14.7. The van der Waals surface area contributed by atoms with Crippen LogP contribution in [-0.2, 0) is 6.54 Å². The third kappa shape index (κ3) is 3.53. The summed E-state index contributed by atoms with van der Waals surface area (Å²) in [5, 5.41) is 25.4. The summed E-state index contributed by atoms with van der Waals surface area (Å²) in [5.74, 6) is -0.438. The van der Waals surface area contributed by atoms with E-state index in [0.29, 0.717) is 17.9 Å². The molecule has 0 radical (unpaired) electrons. The van der Waals surface area contributed by atoms with Crippen LogP contribution in [0.1, 0.15) is 16.1 Å². The second-order valence-electron chi connectivity index (χ2n) is 3.52. The molecule has 0 unspecified atom stereocenters. The largest absolute Gasteiger partial charge is 0.476 e. The number of pyridine rings is 1. The smallest absolute Gasteiger partial charge is 0.358 e. The van der Waals surface area contributed by atoms with Crippen LogP contribution in [0.5, 0.6) is 0 Å². The van der Waals surface area contributed by atoms with Crippen molar-refractivity contribution in [2.75, 3.05) is 5.75 Å². The fourth-order valence-corrected chi connectivity index (χ4v) is 2.14. The third-order valence-corrected chi connectivity index (χ3v) is 3.10. The molecule has 0 spiro atoms. The van der Waals surface area contributed by atoms with Gasteiger partial charge < -0.3 is 5.11 Å². The van der Waals surface area contributed by atoms with E-state index in [4.69, 9.17) is 10.4 Å². The molecule has 8 heteroatoms. The molecule has 0 bridgehead atoms. The number of aryl methyl sites for hydroxylation is 1. The van der Waals surface area contributed by atoms with E-state index < -0.39 is 5.97 Å². The summed E-state index contributed by atoms with van der Waals surface area (Å²) in [5.41, 5.74) is 0.487. The second kappa shape index (κ2) is 5.97. The van der Waals surface area contributed by atoms with Gasteiger partial charge in [-0.25, -0.2) is 9.78 Å². The number of nitriles is 1. The lowest BCUT2D eigenvalue weighted by atomic mass is 10.3. The molecule has 96 valence electrons. The fraction of sp³-hybridized carbons (Fsp3) is 0.182. The van der Waals surface area contributed by atoms with E-state index in [1.165, 1.54) is 22.6 Å². The Hall–Kier alpha value is -2.40. The quantitative estimate of drug-likeness (QED) is 0.812. The van der Waals surface area contributed by atoms with Crippen molar-refractivity contribution < 1.29 is 9.90 Å². The molecule has 0 aliphatic carbocycles. The molecule has 2 heterocycles. The number of hydrogen-bond acceptors (Lipinski definition) is 6. The molecule has 2 aromatic rings. The van der Waals surface area contributed by atoms with Crippen LogP contribution in [0, 0.1) is 11.3 Å². The van der Waals surface area contributed by atoms with Gasteiger partial charge in [-0.1, -0.05) is 5.21 Å². The maximum absolute atomic E-state index is 10.6. The summed E-state index contributed by atoms with van der Waals surface area (Å²) < 4.78 is 1.46. The van der Waals surface area contributed by atoms with Crippen LogP contribution in [0.2, 0.25) is 0 Å².